The van der Waals surface area contributed by atoms with E-state index in [2.05, 4.69) is 20.2 Å². The molecule has 9 heteroatoms. The van der Waals surface area contributed by atoms with Crippen molar-refractivity contribution in [2.24, 2.45) is 0 Å². The Kier molecular flexibility index (Phi) is 5.72. The van der Waals surface area contributed by atoms with E-state index in [9.17, 15) is 9.59 Å². The standard InChI is InChI=1S/C24H24N6O2S/c1-15-22(17-8-3-4-9-18(17)26-15)23(32)16(2)33-24-28-27-20(14-29-13-7-11-21(29)31)30(24)19-10-5-6-12-25-19/h3-6,8-10,12,16,26H,7,11,13-14H2,1-2H3/t16-/m0/s1. The van der Waals surface area contributed by atoms with Gasteiger partial charge in [-0.1, -0.05) is 36.0 Å². The third-order valence-electron chi connectivity index (χ3n) is 5.87. The molecule has 1 aliphatic heterocycles. The van der Waals surface area contributed by atoms with Gasteiger partial charge in [-0.3, -0.25) is 14.2 Å². The zero-order valence-electron chi connectivity index (χ0n) is 18.5. The topological polar surface area (TPSA) is 96.8 Å². The summed E-state index contributed by atoms with van der Waals surface area (Å²) in [7, 11) is 0. The van der Waals surface area contributed by atoms with Gasteiger partial charge in [-0.15, -0.1) is 10.2 Å². The van der Waals surface area contributed by atoms with Crippen molar-refractivity contribution in [1.29, 1.82) is 0 Å². The average Bonchev–Trinajstić information content (AvgIpc) is 3.50. The number of hydrogen-bond donors (Lipinski definition) is 1. The van der Waals surface area contributed by atoms with E-state index in [4.69, 9.17) is 0 Å². The maximum absolute atomic E-state index is 13.5. The fraction of sp³-hybridized carbons (Fsp3) is 0.292. The van der Waals surface area contributed by atoms with Crippen LogP contribution in [-0.4, -0.2) is 53.1 Å². The van der Waals surface area contributed by atoms with Crippen molar-refractivity contribution >= 4 is 34.4 Å². The first-order valence-corrected chi connectivity index (χ1v) is 11.8. The highest BCUT2D eigenvalue weighted by Gasteiger charge is 2.27. The summed E-state index contributed by atoms with van der Waals surface area (Å²) in [6, 6.07) is 13.4. The van der Waals surface area contributed by atoms with Crippen LogP contribution in [0.5, 0.6) is 0 Å². The third kappa shape index (κ3) is 4.04. The molecule has 0 aliphatic carbocycles. The number of aryl methyl sites for hydroxylation is 1. The number of nitrogens with one attached hydrogen (secondary N) is 1. The van der Waals surface area contributed by atoms with Gasteiger partial charge in [0.05, 0.1) is 11.8 Å². The second kappa shape index (κ2) is 8.82. The second-order valence-electron chi connectivity index (χ2n) is 8.14. The lowest BCUT2D eigenvalue weighted by Crippen LogP contribution is -2.26. The molecular formula is C24H24N6O2S. The second-order valence-corrected chi connectivity index (χ2v) is 9.44. The maximum atomic E-state index is 13.5. The lowest BCUT2D eigenvalue weighted by molar-refractivity contribution is -0.128. The molecular weight excluding hydrogens is 436 g/mol. The summed E-state index contributed by atoms with van der Waals surface area (Å²) >= 11 is 1.35. The molecule has 1 amide bonds. The minimum Gasteiger partial charge on any atom is -0.358 e. The van der Waals surface area contributed by atoms with Crippen LogP contribution in [0.4, 0.5) is 0 Å². The fourth-order valence-corrected chi connectivity index (χ4v) is 5.18. The number of carbonyl (C=O) groups is 2. The SMILES string of the molecule is Cc1[nH]c2ccccc2c1C(=O)[C@H](C)Sc1nnc(CN2CCCC2=O)n1-c1ccccn1. The van der Waals surface area contributed by atoms with Crippen LogP contribution < -0.4 is 0 Å². The highest BCUT2D eigenvalue weighted by Crippen LogP contribution is 2.31. The molecule has 168 valence electrons. The van der Waals surface area contributed by atoms with Crippen LogP contribution in [0.2, 0.25) is 0 Å². The lowest BCUT2D eigenvalue weighted by Gasteiger charge is -2.16. The van der Waals surface area contributed by atoms with Crippen molar-refractivity contribution in [1.82, 2.24) is 29.6 Å². The summed E-state index contributed by atoms with van der Waals surface area (Å²) in [5, 5.41) is 9.87. The van der Waals surface area contributed by atoms with Crippen LogP contribution in [0, 0.1) is 6.92 Å². The molecule has 4 heterocycles. The Bertz CT molecular complexity index is 1330. The van der Waals surface area contributed by atoms with Crippen molar-refractivity contribution < 1.29 is 9.59 Å². The Morgan fingerprint density at radius 2 is 2.00 bits per heavy atom. The Labute approximate surface area is 195 Å². The molecule has 0 radical (unpaired) electrons. The highest BCUT2D eigenvalue weighted by atomic mass is 32.2. The van der Waals surface area contributed by atoms with Crippen LogP contribution in [-0.2, 0) is 11.3 Å². The molecule has 4 aromatic rings. The Hall–Kier alpha value is -3.46. The van der Waals surface area contributed by atoms with Gasteiger partial charge in [-0.05, 0) is 38.5 Å². The molecule has 8 nitrogen and oxygen atoms in total. The van der Waals surface area contributed by atoms with Gasteiger partial charge in [0.2, 0.25) is 5.91 Å². The fourth-order valence-electron chi connectivity index (χ4n) is 4.25. The van der Waals surface area contributed by atoms with Gasteiger partial charge < -0.3 is 9.88 Å². The quantitative estimate of drug-likeness (QED) is 0.331. The summed E-state index contributed by atoms with van der Waals surface area (Å²) < 4.78 is 1.85. The molecule has 33 heavy (non-hydrogen) atoms. The smallest absolute Gasteiger partial charge is 0.223 e. The number of amides is 1. The van der Waals surface area contributed by atoms with Crippen molar-refractivity contribution in [2.75, 3.05) is 6.54 Å². The molecule has 1 fully saturated rings. The van der Waals surface area contributed by atoms with Gasteiger partial charge in [0, 0.05) is 41.3 Å². The number of H-pyrrole nitrogens is 1. The molecule has 0 saturated carbocycles. The summed E-state index contributed by atoms with van der Waals surface area (Å²) in [5.74, 6) is 1.45. The predicted molar refractivity (Wildman–Crippen MR) is 126 cm³/mol. The molecule has 5 rings (SSSR count). The third-order valence-corrected chi connectivity index (χ3v) is 6.92. The molecule has 1 N–H and O–H groups in total. The molecule has 0 unspecified atom stereocenters. The molecule has 1 saturated heterocycles. The number of carbonyl (C=O) groups excluding carboxylic acids is 2. The summed E-state index contributed by atoms with van der Waals surface area (Å²) in [6.45, 7) is 4.89. The average molecular weight is 461 g/mol. The maximum Gasteiger partial charge on any atom is 0.223 e. The molecule has 1 aliphatic rings. The number of rotatable bonds is 7. The summed E-state index contributed by atoms with van der Waals surface area (Å²) in [6.07, 6.45) is 3.13. The Morgan fingerprint density at radius 1 is 1.18 bits per heavy atom. The van der Waals surface area contributed by atoms with Gasteiger partial charge in [0.25, 0.3) is 0 Å². The van der Waals surface area contributed by atoms with E-state index in [0.29, 0.717) is 41.9 Å². The van der Waals surface area contributed by atoms with Gasteiger partial charge in [0.15, 0.2) is 16.8 Å². The van der Waals surface area contributed by atoms with E-state index in [0.717, 1.165) is 23.0 Å². The normalized spacial score (nSPS) is 14.8. The van der Waals surface area contributed by atoms with Gasteiger partial charge in [-0.2, -0.15) is 0 Å². The van der Waals surface area contributed by atoms with Crippen LogP contribution in [0.3, 0.4) is 0 Å². The van der Waals surface area contributed by atoms with E-state index in [-0.39, 0.29) is 11.7 Å². The lowest BCUT2D eigenvalue weighted by atomic mass is 10.1. The summed E-state index contributed by atoms with van der Waals surface area (Å²) in [4.78, 5) is 35.2. The first-order valence-electron chi connectivity index (χ1n) is 10.9. The molecule has 0 bridgehead atoms. The number of para-hydroxylation sites is 1. The van der Waals surface area contributed by atoms with E-state index in [1.54, 1.807) is 11.1 Å². The molecule has 0 spiro atoms. The van der Waals surface area contributed by atoms with Crippen LogP contribution in [0.15, 0.2) is 53.8 Å². The molecule has 1 atom stereocenters. The number of pyridine rings is 1. The van der Waals surface area contributed by atoms with Crippen LogP contribution in [0.1, 0.15) is 41.6 Å². The number of aromatic amines is 1. The van der Waals surface area contributed by atoms with Crippen molar-refractivity contribution in [3.05, 3.63) is 65.7 Å². The highest BCUT2D eigenvalue weighted by molar-refractivity contribution is 8.00. The van der Waals surface area contributed by atoms with Crippen molar-refractivity contribution in [2.45, 2.75) is 43.6 Å². The zero-order chi connectivity index (χ0) is 22.9. The summed E-state index contributed by atoms with van der Waals surface area (Å²) in [5.41, 5.74) is 2.51. The number of benzene rings is 1. The largest absolute Gasteiger partial charge is 0.358 e. The van der Waals surface area contributed by atoms with Gasteiger partial charge >= 0.3 is 0 Å². The zero-order valence-corrected chi connectivity index (χ0v) is 19.3. The molecule has 3 aromatic heterocycles. The number of fused-ring (bicyclic) bond motifs is 1. The minimum absolute atomic E-state index is 0.0294. The Morgan fingerprint density at radius 3 is 2.76 bits per heavy atom. The number of hydrogen-bond acceptors (Lipinski definition) is 6. The number of aromatic nitrogens is 5. The van der Waals surface area contributed by atoms with E-state index < -0.39 is 5.25 Å². The monoisotopic (exact) mass is 460 g/mol. The van der Waals surface area contributed by atoms with Crippen LogP contribution >= 0.6 is 11.8 Å². The van der Waals surface area contributed by atoms with Gasteiger partial charge in [-0.25, -0.2) is 4.98 Å². The number of nitrogens with zero attached hydrogens (tertiary/aromatic N) is 5. The van der Waals surface area contributed by atoms with E-state index in [1.807, 2.05) is 60.9 Å². The van der Waals surface area contributed by atoms with Gasteiger partial charge in [0.1, 0.15) is 5.82 Å². The van der Waals surface area contributed by atoms with Crippen LogP contribution in [0.25, 0.3) is 16.7 Å². The first kappa shape index (κ1) is 21.4. The predicted octanol–water partition coefficient (Wildman–Crippen LogP) is 3.94. The number of thioether (sulfide) groups is 1. The van der Waals surface area contributed by atoms with E-state index >= 15 is 0 Å². The Balaban J connectivity index is 1.47. The first-order chi connectivity index (χ1) is 16.0. The van der Waals surface area contributed by atoms with E-state index in [1.165, 1.54) is 11.8 Å². The van der Waals surface area contributed by atoms with Crippen molar-refractivity contribution in [3.63, 3.8) is 0 Å². The molecule has 1 aromatic carbocycles. The van der Waals surface area contributed by atoms with Crippen molar-refractivity contribution in [3.8, 4) is 5.82 Å². The number of likely N-dealkylation sites (tertiary alicyclic amines) is 1. The number of Topliss-reactive ketones (excluding diaryl/α,β-unsaturated/α-hetero) is 1. The number of ketones is 1. The minimum atomic E-state index is -0.393.